The van der Waals surface area contributed by atoms with Gasteiger partial charge in [-0.1, -0.05) is 32.4 Å². The molecule has 1 amide bonds. The summed E-state index contributed by atoms with van der Waals surface area (Å²) in [6.45, 7) is 19.1. The number of carboxylic acids is 1. The van der Waals surface area contributed by atoms with Gasteiger partial charge in [0.15, 0.2) is 12.6 Å². The highest BCUT2D eigenvalue weighted by Gasteiger charge is 2.53. The van der Waals surface area contributed by atoms with E-state index in [0.717, 1.165) is 12.8 Å². The Bertz CT molecular complexity index is 2500. The van der Waals surface area contributed by atoms with E-state index in [9.17, 15) is 44.7 Å². The van der Waals surface area contributed by atoms with E-state index in [4.69, 9.17) is 49.5 Å². The van der Waals surface area contributed by atoms with Crippen molar-refractivity contribution in [3.8, 4) is 0 Å². The van der Waals surface area contributed by atoms with Crippen LogP contribution in [0.2, 0.25) is 5.02 Å². The Labute approximate surface area is 482 Å². The van der Waals surface area contributed by atoms with Crippen LogP contribution in [-0.4, -0.2) is 216 Å². The summed E-state index contributed by atoms with van der Waals surface area (Å²) in [6, 6.07) is 1.81. The predicted octanol–water partition coefficient (Wildman–Crippen LogP) is 4.56. The largest absolute Gasteiger partial charge is 0.477 e. The van der Waals surface area contributed by atoms with Crippen molar-refractivity contribution in [2.45, 2.75) is 210 Å². The van der Waals surface area contributed by atoms with Crippen LogP contribution in [0.1, 0.15) is 131 Å². The smallest absolute Gasteiger partial charge is 0.341 e. The minimum Gasteiger partial charge on any atom is -0.477 e. The van der Waals surface area contributed by atoms with Gasteiger partial charge in [-0.05, 0) is 120 Å². The first-order valence-corrected chi connectivity index (χ1v) is 29.2. The van der Waals surface area contributed by atoms with Gasteiger partial charge in [0.1, 0.15) is 29.5 Å². The molecule has 0 radical (unpaired) electrons. The van der Waals surface area contributed by atoms with Gasteiger partial charge in [-0.2, -0.15) is 0 Å². The molecule has 1 saturated carbocycles. The normalized spacial score (nSPS) is 36.9. The molecule has 23 heteroatoms. The molecule has 22 nitrogen and oxygen atoms in total. The monoisotopic (exact) mass is 1170 g/mol. The number of hydrogen-bond donors (Lipinski definition) is 7. The van der Waals surface area contributed by atoms with Crippen molar-refractivity contribution in [1.29, 1.82) is 0 Å². The minimum atomic E-state index is -1.86. The minimum absolute atomic E-state index is 0.0154. The van der Waals surface area contributed by atoms with Crippen LogP contribution in [0.5, 0.6) is 0 Å². The number of cyclic esters (lactones) is 1. The first kappa shape index (κ1) is 66.5. The van der Waals surface area contributed by atoms with Gasteiger partial charge >= 0.3 is 11.9 Å². The van der Waals surface area contributed by atoms with Gasteiger partial charge in [0.05, 0.1) is 90.2 Å². The zero-order valence-electron chi connectivity index (χ0n) is 50.0. The summed E-state index contributed by atoms with van der Waals surface area (Å²) in [6.07, 6.45) is -4.83. The fourth-order valence-corrected chi connectivity index (χ4v) is 12.6. The quantitative estimate of drug-likeness (QED) is 0.0707. The number of nitrogens with zero attached hydrogens (tertiary/aromatic N) is 3. The number of methoxy groups -OCH3 is 1. The highest BCUT2D eigenvalue weighted by atomic mass is 35.5. The second-order valence-corrected chi connectivity index (χ2v) is 24.7. The summed E-state index contributed by atoms with van der Waals surface area (Å²) >= 11 is 6.59. The van der Waals surface area contributed by atoms with Crippen LogP contribution in [0.15, 0.2) is 23.1 Å². The third-order valence-corrected chi connectivity index (χ3v) is 17.6. The lowest BCUT2D eigenvalue weighted by Crippen LogP contribution is -2.64. The Morgan fingerprint density at radius 3 is 2.22 bits per heavy atom. The number of likely N-dealkylation sites (N-methyl/N-ethyl adjacent to an activating group) is 2. The highest BCUT2D eigenvalue weighted by molar-refractivity contribution is 6.34. The molecule has 4 aliphatic rings. The number of carboxylic acid groups (broad SMARTS) is 1. The fraction of sp³-hybridized carbons (Fsp3) is 0.793. The van der Waals surface area contributed by atoms with Crippen molar-refractivity contribution in [1.82, 2.24) is 19.7 Å². The Hall–Kier alpha value is -3.59. The van der Waals surface area contributed by atoms with Crippen molar-refractivity contribution in [3.05, 3.63) is 39.1 Å². The second-order valence-electron chi connectivity index (χ2n) is 24.3. The Balaban J connectivity index is 1.10. The van der Waals surface area contributed by atoms with Gasteiger partial charge < -0.3 is 88.4 Å². The van der Waals surface area contributed by atoms with E-state index in [0.29, 0.717) is 35.7 Å². The van der Waals surface area contributed by atoms with Gasteiger partial charge in [-0.25, -0.2) is 4.79 Å². The van der Waals surface area contributed by atoms with Crippen molar-refractivity contribution < 1.29 is 77.8 Å². The van der Waals surface area contributed by atoms with E-state index in [1.807, 2.05) is 56.3 Å². The number of pyridine rings is 1. The molecule has 6 rings (SSSR count). The second kappa shape index (κ2) is 28.1. The summed E-state index contributed by atoms with van der Waals surface area (Å²) in [7, 11) is 7.10. The lowest BCUT2D eigenvalue weighted by atomic mass is 9.77. The molecular weight excluding hydrogens is 1070 g/mol. The number of carbonyl (C=O) groups is 3. The molecule has 18 atom stereocenters. The number of aliphatic hydroxyl groups is 4. The topological polar surface area (TPSA) is 279 Å². The Morgan fingerprint density at radius 2 is 1.60 bits per heavy atom. The van der Waals surface area contributed by atoms with Crippen molar-refractivity contribution in [3.63, 3.8) is 0 Å². The molecule has 0 unspecified atom stereocenters. The number of amides is 1. The predicted molar refractivity (Wildman–Crippen MR) is 303 cm³/mol. The van der Waals surface area contributed by atoms with Crippen LogP contribution in [0, 0.1) is 17.8 Å². The number of rotatable bonds is 20. The maximum absolute atomic E-state index is 14.6. The zero-order valence-corrected chi connectivity index (χ0v) is 50.8. The van der Waals surface area contributed by atoms with E-state index in [-0.39, 0.29) is 93.1 Å². The molecule has 4 fully saturated rings. The molecule has 0 spiro atoms. The fourth-order valence-electron chi connectivity index (χ4n) is 12.3. The van der Waals surface area contributed by atoms with Gasteiger partial charge in [0.25, 0.3) is 0 Å². The molecule has 1 aliphatic carbocycles. The number of benzene rings is 1. The molecule has 4 heterocycles. The highest BCUT2D eigenvalue weighted by Crippen LogP contribution is 2.42. The summed E-state index contributed by atoms with van der Waals surface area (Å²) in [4.78, 5) is 56.8. The van der Waals surface area contributed by atoms with Crippen LogP contribution in [0.3, 0.4) is 0 Å². The number of fused-ring (bicyclic) bond motifs is 1. The van der Waals surface area contributed by atoms with Crippen LogP contribution >= 0.6 is 11.6 Å². The standard InChI is InChI=1S/C58H94ClN5O17/c1-15-44-58(10,73)51(68)35(6)63(13)29-31(2)27-56(8,72)52(81-55-48(67)43(62(11)12)24-32(3)77-55)33(4)49(34(5)54(71)79-44)80-46-28-57(9,74-14)50(36(7)78-46)61-45(65)18-20-75-22-23-76-21-19-60-41-25-38-42(26-40(41)59)64(37-16-17-37)30-39(47(38)66)53(69)70/h25-26,30-37,43-44,46,48-52,55,60,67-68,72-73H,15-24,27-29H2,1-14H3,(H,61,65)(H,69,70)/t31-,32-,33+,34-,35+,36+,43+,44-,46+,48-,49+,50-,51-,52-,55+,56-,57-,58-/m1/s1. The molecule has 3 aliphatic heterocycles. The van der Waals surface area contributed by atoms with Crippen LogP contribution in [0.25, 0.3) is 10.9 Å². The lowest BCUT2D eigenvalue weighted by Gasteiger charge is -2.49. The maximum atomic E-state index is 14.6. The van der Waals surface area contributed by atoms with Crippen molar-refractivity contribution in [2.75, 3.05) is 73.1 Å². The molecule has 1 aromatic heterocycles. The summed E-state index contributed by atoms with van der Waals surface area (Å²) in [5.74, 6) is -4.46. The average Bonchev–Trinajstić information content (AvgIpc) is 4.44. The van der Waals surface area contributed by atoms with Crippen molar-refractivity contribution in [2.24, 2.45) is 17.8 Å². The number of halogens is 1. The van der Waals surface area contributed by atoms with Gasteiger partial charge in [0, 0.05) is 68.7 Å². The van der Waals surface area contributed by atoms with E-state index in [1.165, 1.54) is 20.2 Å². The molecule has 460 valence electrons. The van der Waals surface area contributed by atoms with Gasteiger partial charge in [-0.3, -0.25) is 14.4 Å². The number of carbonyl (C=O) groups excluding carboxylic acids is 2. The molecule has 81 heavy (non-hydrogen) atoms. The van der Waals surface area contributed by atoms with E-state index in [1.54, 1.807) is 53.7 Å². The van der Waals surface area contributed by atoms with E-state index >= 15 is 0 Å². The first-order chi connectivity index (χ1) is 38.0. The molecule has 7 N–H and O–H groups in total. The summed E-state index contributed by atoms with van der Waals surface area (Å²) < 4.78 is 52.2. The number of anilines is 1. The Kier molecular flexibility index (Phi) is 23.1. The molecule has 1 aromatic carbocycles. The number of aromatic carboxylic acids is 1. The van der Waals surface area contributed by atoms with Crippen LogP contribution in [0.4, 0.5) is 5.69 Å². The molecule has 0 bridgehead atoms. The lowest BCUT2D eigenvalue weighted by molar-refractivity contribution is -0.311. The van der Waals surface area contributed by atoms with Gasteiger partial charge in [0.2, 0.25) is 11.3 Å². The average molecular weight is 1170 g/mol. The summed E-state index contributed by atoms with van der Waals surface area (Å²) in [5.41, 5.74) is -4.37. The maximum Gasteiger partial charge on any atom is 0.341 e. The van der Waals surface area contributed by atoms with Crippen molar-refractivity contribution >= 4 is 46.0 Å². The summed E-state index contributed by atoms with van der Waals surface area (Å²) in [5, 5.41) is 64.7. The Morgan fingerprint density at radius 1 is 0.938 bits per heavy atom. The number of ether oxygens (including phenoxy) is 8. The van der Waals surface area contributed by atoms with Crippen LogP contribution < -0.4 is 16.1 Å². The molecular formula is C58H94ClN5O17. The number of esters is 1. The SMILES string of the molecule is CC[C@H]1OC(=O)[C@H](C)[C@@H](O[C@H]2C[C@@](C)(OC)[C@H](NC(=O)CCOCCOCCNc3cc4c(=O)c(C(=O)O)cn(C5CC5)c4cc3Cl)[C@H](C)O2)[C@H](C)[C@@H](O[C@@H]2O[C@H](C)C[C@H](N(C)C)[C@H]2O)[C@](C)(O)C[C@@H](C)CN(C)[C@@H](C)[C@@H](O)[C@]1(C)O. The molecule has 2 aromatic rings. The number of aromatic nitrogens is 1. The zero-order chi connectivity index (χ0) is 60.1. The third kappa shape index (κ3) is 16.0. The first-order valence-electron chi connectivity index (χ1n) is 28.8. The van der Waals surface area contributed by atoms with E-state index < -0.39 is 107 Å². The van der Waals surface area contributed by atoms with E-state index in [2.05, 4.69) is 10.6 Å². The van der Waals surface area contributed by atoms with Crippen LogP contribution in [-0.2, 0) is 47.5 Å². The van der Waals surface area contributed by atoms with Gasteiger partial charge in [-0.15, -0.1) is 0 Å². The third-order valence-electron chi connectivity index (χ3n) is 17.3. The molecule has 3 saturated heterocycles. The number of hydrogen-bond acceptors (Lipinski definition) is 19. The number of nitrogens with one attached hydrogen (secondary N) is 2. The number of aliphatic hydroxyl groups excluding tert-OH is 2.